The molecule has 1 N–H and O–H groups in total. The summed E-state index contributed by atoms with van der Waals surface area (Å²) in [5.74, 6) is 0. The van der Waals surface area contributed by atoms with E-state index in [1.54, 1.807) is 0 Å². The van der Waals surface area contributed by atoms with Crippen LogP contribution in [-0.2, 0) is 6.18 Å². The number of alkyl halides is 3. The van der Waals surface area contributed by atoms with Gasteiger partial charge in [-0.3, -0.25) is 4.79 Å². The first-order valence-corrected chi connectivity index (χ1v) is 4.97. The number of rotatable bonds is 1. The van der Waals surface area contributed by atoms with Crippen LogP contribution >= 0.6 is 0 Å². The molecule has 0 radical (unpaired) electrons. The van der Waals surface area contributed by atoms with E-state index < -0.39 is 17.3 Å². The van der Waals surface area contributed by atoms with E-state index in [-0.39, 0.29) is 5.56 Å². The minimum atomic E-state index is -4.69. The molecule has 0 bridgehead atoms. The van der Waals surface area contributed by atoms with Gasteiger partial charge in [-0.1, -0.05) is 0 Å². The number of aromatic amines is 1. The lowest BCUT2D eigenvalue weighted by Gasteiger charge is -2.10. The standard InChI is InChI=1S/C11H8F3N3O/c1-6-7(9-2-3-15-5-16-9)4-8(10(18)17-6)11(12,13)14/h2-5H,1H3,(H,17,18). The van der Waals surface area contributed by atoms with Crippen molar-refractivity contribution in [2.24, 2.45) is 0 Å². The largest absolute Gasteiger partial charge is 0.421 e. The van der Waals surface area contributed by atoms with Crippen molar-refractivity contribution in [1.82, 2.24) is 15.0 Å². The second kappa shape index (κ2) is 4.25. The van der Waals surface area contributed by atoms with Crippen LogP contribution < -0.4 is 5.56 Å². The van der Waals surface area contributed by atoms with E-state index in [9.17, 15) is 18.0 Å². The van der Waals surface area contributed by atoms with Crippen molar-refractivity contribution in [3.05, 3.63) is 46.3 Å². The Hall–Kier alpha value is -2.18. The van der Waals surface area contributed by atoms with Gasteiger partial charge in [-0.25, -0.2) is 9.97 Å². The van der Waals surface area contributed by atoms with E-state index in [1.165, 1.54) is 25.5 Å². The zero-order valence-electron chi connectivity index (χ0n) is 9.25. The van der Waals surface area contributed by atoms with Crippen LogP contribution in [0, 0.1) is 6.92 Å². The van der Waals surface area contributed by atoms with Crippen molar-refractivity contribution in [1.29, 1.82) is 0 Å². The molecule has 0 saturated heterocycles. The summed E-state index contributed by atoms with van der Waals surface area (Å²) in [6, 6.07) is 2.28. The van der Waals surface area contributed by atoms with Crippen LogP contribution in [0.4, 0.5) is 13.2 Å². The molecule has 94 valence electrons. The number of aryl methyl sites for hydroxylation is 1. The Balaban J connectivity index is 2.67. The SMILES string of the molecule is Cc1[nH]c(=O)c(C(F)(F)F)cc1-c1ccncn1. The summed E-state index contributed by atoms with van der Waals surface area (Å²) >= 11 is 0. The van der Waals surface area contributed by atoms with Gasteiger partial charge < -0.3 is 4.98 Å². The number of aromatic nitrogens is 3. The van der Waals surface area contributed by atoms with E-state index in [0.29, 0.717) is 11.4 Å². The highest BCUT2D eigenvalue weighted by Crippen LogP contribution is 2.29. The molecule has 0 amide bonds. The lowest BCUT2D eigenvalue weighted by atomic mass is 10.1. The van der Waals surface area contributed by atoms with Gasteiger partial charge in [-0.05, 0) is 19.1 Å². The van der Waals surface area contributed by atoms with E-state index >= 15 is 0 Å². The van der Waals surface area contributed by atoms with Crippen molar-refractivity contribution in [2.45, 2.75) is 13.1 Å². The van der Waals surface area contributed by atoms with Crippen LogP contribution in [0.25, 0.3) is 11.3 Å². The zero-order valence-corrected chi connectivity index (χ0v) is 9.25. The Morgan fingerprint density at radius 1 is 1.33 bits per heavy atom. The average molecular weight is 255 g/mol. The average Bonchev–Trinajstić information content (AvgIpc) is 2.28. The lowest BCUT2D eigenvalue weighted by molar-refractivity contribution is -0.138. The van der Waals surface area contributed by atoms with Crippen molar-refractivity contribution in [2.75, 3.05) is 0 Å². The molecule has 0 unspecified atom stereocenters. The fraction of sp³-hybridized carbons (Fsp3) is 0.182. The van der Waals surface area contributed by atoms with E-state index in [1.807, 2.05) is 0 Å². The van der Waals surface area contributed by atoms with Gasteiger partial charge in [0.15, 0.2) is 0 Å². The van der Waals surface area contributed by atoms with Crippen molar-refractivity contribution in [3.63, 3.8) is 0 Å². The molecular weight excluding hydrogens is 247 g/mol. The van der Waals surface area contributed by atoms with Crippen molar-refractivity contribution < 1.29 is 13.2 Å². The van der Waals surface area contributed by atoms with Gasteiger partial charge in [-0.2, -0.15) is 13.2 Å². The lowest BCUT2D eigenvalue weighted by Crippen LogP contribution is -2.22. The second-order valence-electron chi connectivity index (χ2n) is 3.64. The third-order valence-electron chi connectivity index (χ3n) is 2.40. The molecule has 2 heterocycles. The molecule has 2 aromatic rings. The number of nitrogens with zero attached hydrogens (tertiary/aromatic N) is 2. The summed E-state index contributed by atoms with van der Waals surface area (Å²) in [6.45, 7) is 1.51. The van der Waals surface area contributed by atoms with Gasteiger partial charge in [0.05, 0.1) is 5.69 Å². The first-order chi connectivity index (χ1) is 8.39. The fourth-order valence-corrected chi connectivity index (χ4v) is 1.55. The summed E-state index contributed by atoms with van der Waals surface area (Å²) in [4.78, 5) is 21.0. The number of hydrogen-bond donors (Lipinski definition) is 1. The molecule has 0 aliphatic heterocycles. The minimum absolute atomic E-state index is 0.226. The maximum absolute atomic E-state index is 12.6. The highest BCUT2D eigenvalue weighted by atomic mass is 19.4. The Kier molecular flexibility index (Phi) is 2.90. The van der Waals surface area contributed by atoms with Crippen LogP contribution in [0.15, 0.2) is 29.5 Å². The van der Waals surface area contributed by atoms with E-state index in [2.05, 4.69) is 15.0 Å². The summed E-state index contributed by atoms with van der Waals surface area (Å²) < 4.78 is 37.9. The Morgan fingerprint density at radius 3 is 2.61 bits per heavy atom. The summed E-state index contributed by atoms with van der Waals surface area (Å²) in [5.41, 5.74) is -1.51. The highest BCUT2D eigenvalue weighted by molar-refractivity contribution is 5.62. The number of nitrogens with one attached hydrogen (secondary N) is 1. The summed E-state index contributed by atoms with van der Waals surface area (Å²) in [6.07, 6.45) is -2.05. The first kappa shape index (κ1) is 12.3. The molecule has 0 atom stereocenters. The molecule has 0 fully saturated rings. The maximum Gasteiger partial charge on any atom is 0.421 e. The summed E-state index contributed by atoms with van der Waals surface area (Å²) in [5, 5.41) is 0. The van der Waals surface area contributed by atoms with Gasteiger partial charge in [0.25, 0.3) is 5.56 Å². The van der Waals surface area contributed by atoms with Crippen LogP contribution in [0.1, 0.15) is 11.3 Å². The van der Waals surface area contributed by atoms with Gasteiger partial charge in [0, 0.05) is 17.5 Å². The normalized spacial score (nSPS) is 11.6. The Bertz CT molecular complexity index is 620. The summed E-state index contributed by atoms with van der Waals surface area (Å²) in [7, 11) is 0. The quantitative estimate of drug-likeness (QED) is 0.849. The highest BCUT2D eigenvalue weighted by Gasteiger charge is 2.34. The third kappa shape index (κ3) is 2.24. The molecular formula is C11H8F3N3O. The molecule has 4 nitrogen and oxygen atoms in total. The van der Waals surface area contributed by atoms with Crippen molar-refractivity contribution in [3.8, 4) is 11.3 Å². The van der Waals surface area contributed by atoms with Gasteiger partial charge >= 0.3 is 6.18 Å². The molecule has 2 rings (SSSR count). The predicted molar refractivity (Wildman–Crippen MR) is 57.8 cm³/mol. The number of H-pyrrole nitrogens is 1. The zero-order chi connectivity index (χ0) is 13.3. The van der Waals surface area contributed by atoms with Gasteiger partial charge in [0.1, 0.15) is 11.9 Å². The molecule has 2 aromatic heterocycles. The van der Waals surface area contributed by atoms with E-state index in [4.69, 9.17) is 0 Å². The molecule has 18 heavy (non-hydrogen) atoms. The number of pyridine rings is 1. The topological polar surface area (TPSA) is 58.6 Å². The van der Waals surface area contributed by atoms with Crippen LogP contribution in [0.3, 0.4) is 0 Å². The molecule has 0 saturated carbocycles. The minimum Gasteiger partial charge on any atom is -0.325 e. The van der Waals surface area contributed by atoms with Crippen LogP contribution in [0.5, 0.6) is 0 Å². The third-order valence-corrected chi connectivity index (χ3v) is 2.40. The Labute approximate surface area is 99.5 Å². The molecule has 0 spiro atoms. The van der Waals surface area contributed by atoms with Gasteiger partial charge in [0.2, 0.25) is 0 Å². The molecule has 0 aromatic carbocycles. The van der Waals surface area contributed by atoms with E-state index in [0.717, 1.165) is 6.07 Å². The Morgan fingerprint density at radius 2 is 2.06 bits per heavy atom. The van der Waals surface area contributed by atoms with Crippen LogP contribution in [-0.4, -0.2) is 15.0 Å². The molecule has 0 aliphatic carbocycles. The smallest absolute Gasteiger partial charge is 0.325 e. The maximum atomic E-state index is 12.6. The predicted octanol–water partition coefficient (Wildman–Crippen LogP) is 2.16. The van der Waals surface area contributed by atoms with Crippen molar-refractivity contribution >= 4 is 0 Å². The molecule has 7 heteroatoms. The number of halogens is 3. The first-order valence-electron chi connectivity index (χ1n) is 4.97. The monoisotopic (exact) mass is 255 g/mol. The van der Waals surface area contributed by atoms with Gasteiger partial charge in [-0.15, -0.1) is 0 Å². The van der Waals surface area contributed by atoms with Crippen LogP contribution in [0.2, 0.25) is 0 Å². The molecule has 0 aliphatic rings. The number of hydrogen-bond acceptors (Lipinski definition) is 3. The fourth-order valence-electron chi connectivity index (χ4n) is 1.55. The second-order valence-corrected chi connectivity index (χ2v) is 3.64.